The molecule has 7 heteroatoms. The molecule has 3 rings (SSSR count). The number of amides is 1. The van der Waals surface area contributed by atoms with Crippen LogP contribution in [-0.2, 0) is 4.79 Å². The molecule has 2 atom stereocenters. The van der Waals surface area contributed by atoms with E-state index in [1.54, 1.807) is 11.0 Å². The Morgan fingerprint density at radius 3 is 2.65 bits per heavy atom. The van der Waals surface area contributed by atoms with Gasteiger partial charge in [0.1, 0.15) is 5.75 Å². The number of nitrogens with zero attached hydrogens (tertiary/aromatic N) is 2. The summed E-state index contributed by atoms with van der Waals surface area (Å²) in [6.07, 6.45) is 0. The van der Waals surface area contributed by atoms with Gasteiger partial charge in [0.25, 0.3) is 11.6 Å². The molecule has 1 saturated heterocycles. The average molecular weight is 355 g/mol. The zero-order valence-electron chi connectivity index (χ0n) is 14.3. The maximum absolute atomic E-state index is 12.5. The molecule has 0 saturated carbocycles. The minimum atomic E-state index is -0.495. The summed E-state index contributed by atoms with van der Waals surface area (Å²) in [6.45, 7) is 1.55. The predicted molar refractivity (Wildman–Crippen MR) is 96.9 cm³/mol. The van der Waals surface area contributed by atoms with E-state index >= 15 is 0 Å². The van der Waals surface area contributed by atoms with Crippen molar-refractivity contribution in [3.8, 4) is 5.75 Å². The minimum Gasteiger partial charge on any atom is -0.484 e. The second-order valence-electron chi connectivity index (χ2n) is 6.35. The van der Waals surface area contributed by atoms with Crippen LogP contribution in [0.5, 0.6) is 5.75 Å². The van der Waals surface area contributed by atoms with Gasteiger partial charge in [-0.3, -0.25) is 14.9 Å². The fraction of sp³-hybridized carbons (Fsp3) is 0.316. The molecule has 0 aromatic heterocycles. The Morgan fingerprint density at radius 1 is 1.19 bits per heavy atom. The van der Waals surface area contributed by atoms with Crippen LogP contribution in [0, 0.1) is 16.0 Å². The third-order valence-corrected chi connectivity index (χ3v) is 4.71. The number of non-ortho nitro benzene ring substituents is 1. The van der Waals surface area contributed by atoms with Crippen LogP contribution in [0.4, 0.5) is 5.69 Å². The molecule has 1 amide bonds. The second kappa shape index (κ2) is 7.97. The summed E-state index contributed by atoms with van der Waals surface area (Å²) in [6, 6.07) is 15.9. The number of hydrogen-bond acceptors (Lipinski definition) is 5. The molecule has 2 aromatic carbocycles. The Kier molecular flexibility index (Phi) is 5.48. The van der Waals surface area contributed by atoms with Crippen molar-refractivity contribution in [3.05, 3.63) is 70.3 Å². The van der Waals surface area contributed by atoms with E-state index in [1.807, 2.05) is 18.2 Å². The summed E-state index contributed by atoms with van der Waals surface area (Å²) in [7, 11) is 0. The molecule has 1 fully saturated rings. The van der Waals surface area contributed by atoms with Crippen molar-refractivity contribution in [2.24, 2.45) is 11.7 Å². The first-order chi connectivity index (χ1) is 12.6. The monoisotopic (exact) mass is 355 g/mol. The number of likely N-dealkylation sites (tertiary alicyclic amines) is 1. The van der Waals surface area contributed by atoms with Crippen molar-refractivity contribution in [2.45, 2.75) is 5.92 Å². The van der Waals surface area contributed by atoms with Crippen LogP contribution >= 0.6 is 0 Å². The largest absolute Gasteiger partial charge is 0.484 e. The maximum Gasteiger partial charge on any atom is 0.273 e. The summed E-state index contributed by atoms with van der Waals surface area (Å²) in [4.78, 5) is 24.6. The molecule has 1 aliphatic heterocycles. The topological polar surface area (TPSA) is 98.7 Å². The van der Waals surface area contributed by atoms with Crippen LogP contribution in [0.2, 0.25) is 0 Å². The van der Waals surface area contributed by atoms with Crippen molar-refractivity contribution in [1.82, 2.24) is 4.90 Å². The van der Waals surface area contributed by atoms with E-state index in [-0.39, 0.29) is 30.0 Å². The van der Waals surface area contributed by atoms with E-state index in [4.69, 9.17) is 10.5 Å². The third-order valence-electron chi connectivity index (χ3n) is 4.71. The number of rotatable bonds is 6. The van der Waals surface area contributed by atoms with Crippen molar-refractivity contribution in [2.75, 3.05) is 26.2 Å². The lowest BCUT2D eigenvalue weighted by Crippen LogP contribution is -2.33. The lowest BCUT2D eigenvalue weighted by molar-refractivity contribution is -0.384. The molecule has 1 heterocycles. The summed E-state index contributed by atoms with van der Waals surface area (Å²) < 4.78 is 5.45. The maximum atomic E-state index is 12.5. The van der Waals surface area contributed by atoms with Crippen LogP contribution in [-0.4, -0.2) is 42.0 Å². The van der Waals surface area contributed by atoms with Crippen molar-refractivity contribution < 1.29 is 14.5 Å². The highest BCUT2D eigenvalue weighted by atomic mass is 16.6. The quantitative estimate of drug-likeness (QED) is 0.632. The lowest BCUT2D eigenvalue weighted by atomic mass is 9.89. The van der Waals surface area contributed by atoms with Gasteiger partial charge in [0, 0.05) is 25.1 Å². The summed E-state index contributed by atoms with van der Waals surface area (Å²) >= 11 is 0. The molecule has 1 aliphatic rings. The predicted octanol–water partition coefficient (Wildman–Crippen LogP) is 2.17. The molecule has 0 aliphatic carbocycles. The van der Waals surface area contributed by atoms with Crippen LogP contribution in [0.3, 0.4) is 0 Å². The number of carbonyl (C=O) groups excluding carboxylic acids is 1. The van der Waals surface area contributed by atoms with Crippen molar-refractivity contribution in [3.63, 3.8) is 0 Å². The van der Waals surface area contributed by atoms with E-state index in [2.05, 4.69) is 12.1 Å². The van der Waals surface area contributed by atoms with E-state index < -0.39 is 4.92 Å². The number of benzene rings is 2. The summed E-state index contributed by atoms with van der Waals surface area (Å²) in [5.74, 6) is 0.581. The van der Waals surface area contributed by atoms with Crippen LogP contribution in [0.1, 0.15) is 11.5 Å². The number of carbonyl (C=O) groups is 1. The molecular weight excluding hydrogens is 334 g/mol. The van der Waals surface area contributed by atoms with Gasteiger partial charge in [-0.05, 0) is 24.1 Å². The van der Waals surface area contributed by atoms with Crippen LogP contribution in [0.25, 0.3) is 0 Å². The summed E-state index contributed by atoms with van der Waals surface area (Å²) in [5, 5.41) is 10.8. The van der Waals surface area contributed by atoms with Crippen LogP contribution in [0.15, 0.2) is 54.6 Å². The molecule has 26 heavy (non-hydrogen) atoms. The highest BCUT2D eigenvalue weighted by molar-refractivity contribution is 5.78. The Bertz CT molecular complexity index is 781. The fourth-order valence-electron chi connectivity index (χ4n) is 3.31. The van der Waals surface area contributed by atoms with E-state index in [0.717, 1.165) is 0 Å². The number of nitro groups is 1. The van der Waals surface area contributed by atoms with Gasteiger partial charge in [-0.2, -0.15) is 0 Å². The molecule has 0 bridgehead atoms. The normalized spacial score (nSPS) is 19.3. The molecule has 2 N–H and O–H groups in total. The van der Waals surface area contributed by atoms with Gasteiger partial charge in [-0.25, -0.2) is 0 Å². The Hall–Kier alpha value is -2.93. The van der Waals surface area contributed by atoms with Gasteiger partial charge in [0.15, 0.2) is 6.61 Å². The highest BCUT2D eigenvalue weighted by Gasteiger charge is 2.35. The Labute approximate surface area is 151 Å². The van der Waals surface area contributed by atoms with Gasteiger partial charge in [-0.15, -0.1) is 0 Å². The average Bonchev–Trinajstić information content (AvgIpc) is 3.11. The van der Waals surface area contributed by atoms with Crippen LogP contribution < -0.4 is 10.5 Å². The van der Waals surface area contributed by atoms with Gasteiger partial charge in [-0.1, -0.05) is 36.4 Å². The first kappa shape index (κ1) is 17.9. The number of nitrogens with two attached hydrogens (primary N) is 1. The van der Waals surface area contributed by atoms with Gasteiger partial charge >= 0.3 is 0 Å². The molecule has 136 valence electrons. The summed E-state index contributed by atoms with van der Waals surface area (Å²) in [5.41, 5.74) is 7.01. The molecule has 0 radical (unpaired) electrons. The van der Waals surface area contributed by atoms with Gasteiger partial charge < -0.3 is 15.4 Å². The first-order valence-electron chi connectivity index (χ1n) is 8.48. The molecular formula is C19H21N3O4. The fourth-order valence-corrected chi connectivity index (χ4v) is 3.31. The third kappa shape index (κ3) is 4.00. The zero-order chi connectivity index (χ0) is 18.5. The molecule has 0 unspecified atom stereocenters. The number of ether oxygens (including phenoxy) is 1. The Balaban J connectivity index is 1.62. The van der Waals surface area contributed by atoms with E-state index in [1.165, 1.54) is 23.8 Å². The zero-order valence-corrected chi connectivity index (χ0v) is 14.3. The molecule has 2 aromatic rings. The van der Waals surface area contributed by atoms with Gasteiger partial charge in [0.05, 0.1) is 11.0 Å². The Morgan fingerprint density at radius 2 is 1.96 bits per heavy atom. The lowest BCUT2D eigenvalue weighted by Gasteiger charge is -2.17. The van der Waals surface area contributed by atoms with Crippen molar-refractivity contribution >= 4 is 11.6 Å². The minimum absolute atomic E-state index is 0.0662. The smallest absolute Gasteiger partial charge is 0.273 e. The SMILES string of the molecule is NC[C@@H]1CN(C(=O)COc2cccc([N+](=O)[O-])c2)C[C@H]1c1ccccc1. The molecule has 0 spiro atoms. The van der Waals surface area contributed by atoms with Gasteiger partial charge in [0.2, 0.25) is 0 Å². The standard InChI is InChI=1S/C19H21N3O4/c20-10-15-11-21(12-18(15)14-5-2-1-3-6-14)19(23)13-26-17-8-4-7-16(9-17)22(24)25/h1-9,15,18H,10-13,20H2/t15-,18+/m1/s1. The first-order valence-corrected chi connectivity index (χ1v) is 8.48. The van der Waals surface area contributed by atoms with E-state index in [0.29, 0.717) is 25.4 Å². The number of hydrogen-bond donors (Lipinski definition) is 1. The number of nitro benzene ring substituents is 1. The van der Waals surface area contributed by atoms with E-state index in [9.17, 15) is 14.9 Å². The van der Waals surface area contributed by atoms with Crippen molar-refractivity contribution in [1.29, 1.82) is 0 Å². The second-order valence-corrected chi connectivity index (χ2v) is 6.35. The molecule has 7 nitrogen and oxygen atoms in total. The highest BCUT2D eigenvalue weighted by Crippen LogP contribution is 2.32.